The van der Waals surface area contributed by atoms with E-state index in [-0.39, 0.29) is 5.91 Å². The summed E-state index contributed by atoms with van der Waals surface area (Å²) in [6, 6.07) is 12.5. The Morgan fingerprint density at radius 1 is 1.21 bits per heavy atom. The predicted molar refractivity (Wildman–Crippen MR) is 92.9 cm³/mol. The molecule has 3 heterocycles. The monoisotopic (exact) mass is 336 g/mol. The standard InChI is InChI=1S/C16H12N6OS/c17-12-8-10(15(23)19-11-4-2-1-3-5-11)9-13-20-14(21-22(12)13)16-18-6-7-24-16/h1-9H,17H2,(H,19,23). The molecule has 24 heavy (non-hydrogen) atoms. The lowest BCUT2D eigenvalue weighted by atomic mass is 10.2. The molecule has 3 N–H and O–H groups in total. The van der Waals surface area contributed by atoms with E-state index in [9.17, 15) is 4.79 Å². The Morgan fingerprint density at radius 2 is 2.04 bits per heavy atom. The molecule has 118 valence electrons. The van der Waals surface area contributed by atoms with Gasteiger partial charge in [-0.05, 0) is 24.3 Å². The third kappa shape index (κ3) is 2.59. The molecule has 0 radical (unpaired) electrons. The first-order valence-corrected chi connectivity index (χ1v) is 8.01. The topological polar surface area (TPSA) is 98.2 Å². The van der Waals surface area contributed by atoms with Crippen LogP contribution in [0.25, 0.3) is 16.5 Å². The van der Waals surface area contributed by atoms with Crippen molar-refractivity contribution < 1.29 is 4.79 Å². The van der Waals surface area contributed by atoms with Crippen molar-refractivity contribution in [1.29, 1.82) is 0 Å². The molecule has 8 heteroatoms. The van der Waals surface area contributed by atoms with Crippen molar-refractivity contribution in [1.82, 2.24) is 19.6 Å². The van der Waals surface area contributed by atoms with Gasteiger partial charge in [0.15, 0.2) is 10.7 Å². The number of carbonyl (C=O) groups excluding carboxylic acids is 1. The molecule has 0 fully saturated rings. The lowest BCUT2D eigenvalue weighted by Gasteiger charge is -2.06. The van der Waals surface area contributed by atoms with Gasteiger partial charge in [0, 0.05) is 22.8 Å². The van der Waals surface area contributed by atoms with E-state index in [1.165, 1.54) is 15.9 Å². The molecule has 0 aliphatic carbocycles. The van der Waals surface area contributed by atoms with Gasteiger partial charge in [-0.15, -0.1) is 16.4 Å². The Hall–Kier alpha value is -3.26. The van der Waals surface area contributed by atoms with Crippen molar-refractivity contribution in [3.05, 3.63) is 59.6 Å². The molecule has 1 aromatic carbocycles. The molecule has 0 atom stereocenters. The van der Waals surface area contributed by atoms with E-state index in [2.05, 4.69) is 20.4 Å². The van der Waals surface area contributed by atoms with Crippen LogP contribution in [-0.4, -0.2) is 25.5 Å². The van der Waals surface area contributed by atoms with Gasteiger partial charge < -0.3 is 11.1 Å². The summed E-state index contributed by atoms with van der Waals surface area (Å²) in [5, 5.41) is 9.71. The highest BCUT2D eigenvalue weighted by Gasteiger charge is 2.14. The van der Waals surface area contributed by atoms with E-state index in [1.807, 2.05) is 35.7 Å². The number of fused-ring (bicyclic) bond motifs is 1. The van der Waals surface area contributed by atoms with Crippen LogP contribution in [0.15, 0.2) is 54.0 Å². The van der Waals surface area contributed by atoms with E-state index in [0.717, 1.165) is 0 Å². The number of rotatable bonds is 3. The molecule has 3 aromatic heterocycles. The van der Waals surface area contributed by atoms with E-state index in [1.54, 1.807) is 18.3 Å². The molecule has 4 rings (SSSR count). The number of pyridine rings is 1. The zero-order valence-electron chi connectivity index (χ0n) is 12.4. The van der Waals surface area contributed by atoms with Gasteiger partial charge in [0.2, 0.25) is 5.82 Å². The van der Waals surface area contributed by atoms with Gasteiger partial charge in [-0.25, -0.2) is 9.97 Å². The fraction of sp³-hybridized carbons (Fsp3) is 0. The van der Waals surface area contributed by atoms with Crippen molar-refractivity contribution in [2.45, 2.75) is 0 Å². The highest BCUT2D eigenvalue weighted by molar-refractivity contribution is 7.13. The number of nitrogens with two attached hydrogens (primary N) is 1. The van der Waals surface area contributed by atoms with Gasteiger partial charge in [0.1, 0.15) is 5.82 Å². The number of hydrogen-bond donors (Lipinski definition) is 2. The number of thiazole rings is 1. The molecule has 4 aromatic rings. The zero-order valence-corrected chi connectivity index (χ0v) is 13.2. The minimum Gasteiger partial charge on any atom is -0.384 e. The molecule has 7 nitrogen and oxygen atoms in total. The van der Waals surface area contributed by atoms with Gasteiger partial charge in [-0.2, -0.15) is 4.52 Å². The van der Waals surface area contributed by atoms with Crippen molar-refractivity contribution in [2.24, 2.45) is 0 Å². The lowest BCUT2D eigenvalue weighted by Crippen LogP contribution is -2.13. The first kappa shape index (κ1) is 14.3. The van der Waals surface area contributed by atoms with Crippen LogP contribution in [0.5, 0.6) is 0 Å². The van der Waals surface area contributed by atoms with Crippen LogP contribution in [0.3, 0.4) is 0 Å². The number of aromatic nitrogens is 4. The average Bonchev–Trinajstić information content (AvgIpc) is 3.25. The Morgan fingerprint density at radius 3 is 2.79 bits per heavy atom. The van der Waals surface area contributed by atoms with Crippen molar-refractivity contribution >= 4 is 34.4 Å². The Balaban J connectivity index is 1.70. The number of benzene rings is 1. The van der Waals surface area contributed by atoms with Crippen LogP contribution < -0.4 is 11.1 Å². The largest absolute Gasteiger partial charge is 0.384 e. The van der Waals surface area contributed by atoms with E-state index in [0.29, 0.717) is 33.5 Å². The highest BCUT2D eigenvalue weighted by Crippen LogP contribution is 2.21. The summed E-state index contributed by atoms with van der Waals surface area (Å²) < 4.78 is 1.50. The minimum absolute atomic E-state index is 0.255. The van der Waals surface area contributed by atoms with Crippen LogP contribution in [0.4, 0.5) is 11.5 Å². The molecule has 0 aliphatic heterocycles. The summed E-state index contributed by atoms with van der Waals surface area (Å²) in [6.07, 6.45) is 1.69. The van der Waals surface area contributed by atoms with Crippen molar-refractivity contribution in [3.8, 4) is 10.8 Å². The first-order valence-electron chi connectivity index (χ1n) is 7.13. The number of nitrogens with zero attached hydrogens (tertiary/aromatic N) is 4. The molecular weight excluding hydrogens is 324 g/mol. The molecule has 0 unspecified atom stereocenters. The van der Waals surface area contributed by atoms with Crippen LogP contribution in [0.2, 0.25) is 0 Å². The van der Waals surface area contributed by atoms with Gasteiger partial charge in [-0.1, -0.05) is 18.2 Å². The number of hydrogen-bond acceptors (Lipinski definition) is 6. The molecule has 1 amide bonds. The smallest absolute Gasteiger partial charge is 0.255 e. The number of nitrogen functional groups attached to an aromatic ring is 1. The number of para-hydroxylation sites is 1. The predicted octanol–water partition coefficient (Wildman–Crippen LogP) is 2.69. The lowest BCUT2D eigenvalue weighted by molar-refractivity contribution is 0.102. The molecule has 0 bridgehead atoms. The Kier molecular flexibility index (Phi) is 3.43. The number of amides is 1. The fourth-order valence-electron chi connectivity index (χ4n) is 2.29. The number of nitrogens with one attached hydrogen (secondary N) is 1. The Bertz CT molecular complexity index is 1010. The van der Waals surface area contributed by atoms with Crippen molar-refractivity contribution in [2.75, 3.05) is 11.1 Å². The molecule has 0 spiro atoms. The fourth-order valence-corrected chi connectivity index (χ4v) is 2.85. The second-order valence-corrected chi connectivity index (χ2v) is 5.93. The van der Waals surface area contributed by atoms with E-state index >= 15 is 0 Å². The summed E-state index contributed by atoms with van der Waals surface area (Å²) in [5.74, 6) is 0.563. The van der Waals surface area contributed by atoms with E-state index in [4.69, 9.17) is 5.73 Å². The van der Waals surface area contributed by atoms with Gasteiger partial charge in [-0.3, -0.25) is 4.79 Å². The summed E-state index contributed by atoms with van der Waals surface area (Å²) in [6.45, 7) is 0. The maximum atomic E-state index is 12.4. The molecule has 0 aliphatic rings. The normalized spacial score (nSPS) is 10.8. The number of carbonyl (C=O) groups is 1. The third-order valence-corrected chi connectivity index (χ3v) is 4.15. The van der Waals surface area contributed by atoms with Crippen LogP contribution >= 0.6 is 11.3 Å². The SMILES string of the molecule is Nc1cc(C(=O)Nc2ccccc2)cc2nc(-c3nccs3)nn12. The zero-order chi connectivity index (χ0) is 16.5. The summed E-state index contributed by atoms with van der Waals surface area (Å²) in [5.41, 5.74) is 7.65. The second-order valence-electron chi connectivity index (χ2n) is 5.03. The molecular formula is C16H12N6OS. The Labute approximate surface area is 140 Å². The first-order chi connectivity index (χ1) is 11.7. The van der Waals surface area contributed by atoms with Crippen LogP contribution in [0, 0.1) is 0 Å². The maximum absolute atomic E-state index is 12.4. The highest BCUT2D eigenvalue weighted by atomic mass is 32.1. The van der Waals surface area contributed by atoms with Crippen LogP contribution in [0.1, 0.15) is 10.4 Å². The quantitative estimate of drug-likeness (QED) is 0.599. The summed E-state index contributed by atoms with van der Waals surface area (Å²) >= 11 is 1.44. The summed E-state index contributed by atoms with van der Waals surface area (Å²) in [7, 11) is 0. The van der Waals surface area contributed by atoms with E-state index < -0.39 is 0 Å². The number of anilines is 2. The molecule has 0 saturated heterocycles. The molecule has 0 saturated carbocycles. The summed E-state index contributed by atoms with van der Waals surface area (Å²) in [4.78, 5) is 21.0. The average molecular weight is 336 g/mol. The van der Waals surface area contributed by atoms with Gasteiger partial charge in [0.05, 0.1) is 0 Å². The third-order valence-electron chi connectivity index (χ3n) is 3.38. The minimum atomic E-state index is -0.255. The van der Waals surface area contributed by atoms with Crippen molar-refractivity contribution in [3.63, 3.8) is 0 Å². The van der Waals surface area contributed by atoms with Gasteiger partial charge >= 0.3 is 0 Å². The maximum Gasteiger partial charge on any atom is 0.255 e. The van der Waals surface area contributed by atoms with Crippen LogP contribution in [-0.2, 0) is 0 Å². The van der Waals surface area contributed by atoms with Gasteiger partial charge in [0.25, 0.3) is 5.91 Å². The second kappa shape index (κ2) is 5.74.